The van der Waals surface area contributed by atoms with Crippen LogP contribution in [0.15, 0.2) is 66.7 Å². The van der Waals surface area contributed by atoms with E-state index in [2.05, 4.69) is 45.9 Å². The van der Waals surface area contributed by atoms with Gasteiger partial charge in [-0.1, -0.05) is 64.1 Å². The molecule has 2 heteroatoms. The first-order chi connectivity index (χ1) is 12.3. The molecule has 0 saturated carbocycles. The van der Waals surface area contributed by atoms with E-state index in [4.69, 9.17) is 0 Å². The fourth-order valence-electron chi connectivity index (χ4n) is 3.47. The molecular formula is C24H26O2. The maximum Gasteiger partial charge on any atom is 0.115 e. The summed E-state index contributed by atoms with van der Waals surface area (Å²) in [6.07, 6.45) is 0. The maximum atomic E-state index is 9.63. The van der Waals surface area contributed by atoms with E-state index >= 15 is 0 Å². The normalized spacial score (nSPS) is 11.7. The summed E-state index contributed by atoms with van der Waals surface area (Å²) in [5, 5.41) is 19.2. The summed E-state index contributed by atoms with van der Waals surface area (Å²) in [6, 6.07) is 21.4. The Balaban J connectivity index is 2.15. The van der Waals surface area contributed by atoms with E-state index in [1.165, 1.54) is 16.7 Å². The number of benzene rings is 3. The monoisotopic (exact) mass is 346 g/mol. The summed E-state index contributed by atoms with van der Waals surface area (Å²) < 4.78 is 0. The van der Waals surface area contributed by atoms with E-state index in [1.807, 2.05) is 24.3 Å². The fourth-order valence-corrected chi connectivity index (χ4v) is 3.47. The Morgan fingerprint density at radius 3 is 1.73 bits per heavy atom. The lowest BCUT2D eigenvalue weighted by Crippen LogP contribution is -2.21. The van der Waals surface area contributed by atoms with E-state index in [-0.39, 0.29) is 16.9 Å². The lowest BCUT2D eigenvalue weighted by atomic mass is 9.73. The molecular weight excluding hydrogens is 320 g/mol. The number of rotatable bonds is 4. The van der Waals surface area contributed by atoms with Crippen LogP contribution >= 0.6 is 0 Å². The van der Waals surface area contributed by atoms with E-state index in [9.17, 15) is 10.2 Å². The Kier molecular flexibility index (Phi) is 4.78. The second-order valence-electron chi connectivity index (χ2n) is 7.68. The molecule has 0 radical (unpaired) electrons. The minimum Gasteiger partial charge on any atom is -0.508 e. The Morgan fingerprint density at radius 1 is 0.692 bits per heavy atom. The Morgan fingerprint density at radius 2 is 1.19 bits per heavy atom. The molecule has 0 aliphatic rings. The summed E-state index contributed by atoms with van der Waals surface area (Å²) in [5.74, 6) is 0.971. The van der Waals surface area contributed by atoms with Crippen molar-refractivity contribution in [3.63, 3.8) is 0 Å². The van der Waals surface area contributed by atoms with Gasteiger partial charge < -0.3 is 10.2 Å². The first-order valence-corrected chi connectivity index (χ1v) is 9.02. The summed E-state index contributed by atoms with van der Waals surface area (Å²) in [5.41, 5.74) is 5.80. The molecule has 3 aromatic rings. The van der Waals surface area contributed by atoms with E-state index in [0.29, 0.717) is 5.92 Å². The standard InChI is InChI=1S/C24H26O2/c1-16(2)22-14-7-18(17-5-10-20(25)11-6-17)15-23(22)24(3,4)19-8-12-21(26)13-9-19/h5-16,25-26H,1-4H3. The molecule has 134 valence electrons. The maximum absolute atomic E-state index is 9.63. The van der Waals surface area contributed by atoms with Crippen molar-refractivity contribution in [2.45, 2.75) is 39.0 Å². The molecule has 0 fully saturated rings. The summed E-state index contributed by atoms with van der Waals surface area (Å²) in [4.78, 5) is 0. The van der Waals surface area contributed by atoms with Gasteiger partial charge in [0.2, 0.25) is 0 Å². The average molecular weight is 346 g/mol. The zero-order valence-electron chi connectivity index (χ0n) is 15.8. The Hall–Kier alpha value is -2.74. The van der Waals surface area contributed by atoms with Crippen molar-refractivity contribution in [1.82, 2.24) is 0 Å². The van der Waals surface area contributed by atoms with Gasteiger partial charge in [0.05, 0.1) is 0 Å². The van der Waals surface area contributed by atoms with Crippen molar-refractivity contribution in [2.24, 2.45) is 0 Å². The van der Waals surface area contributed by atoms with Crippen LogP contribution in [0.5, 0.6) is 11.5 Å². The molecule has 0 aliphatic carbocycles. The minimum absolute atomic E-state index is 0.194. The van der Waals surface area contributed by atoms with Crippen LogP contribution in [0.4, 0.5) is 0 Å². The predicted molar refractivity (Wildman–Crippen MR) is 108 cm³/mol. The molecule has 26 heavy (non-hydrogen) atoms. The van der Waals surface area contributed by atoms with E-state index in [0.717, 1.165) is 11.1 Å². The highest BCUT2D eigenvalue weighted by atomic mass is 16.3. The molecule has 0 heterocycles. The SMILES string of the molecule is CC(C)c1ccc(-c2ccc(O)cc2)cc1C(C)(C)c1ccc(O)cc1. The minimum atomic E-state index is -0.194. The molecule has 0 aliphatic heterocycles. The number of aromatic hydroxyl groups is 2. The van der Waals surface area contributed by atoms with Gasteiger partial charge in [-0.25, -0.2) is 0 Å². The van der Waals surface area contributed by atoms with Gasteiger partial charge >= 0.3 is 0 Å². The Labute approximate surface area is 155 Å². The third-order valence-corrected chi connectivity index (χ3v) is 5.14. The molecule has 0 bridgehead atoms. The largest absolute Gasteiger partial charge is 0.508 e. The highest BCUT2D eigenvalue weighted by Crippen LogP contribution is 2.39. The van der Waals surface area contributed by atoms with Crippen LogP contribution in [0.2, 0.25) is 0 Å². The van der Waals surface area contributed by atoms with Crippen LogP contribution in [0.1, 0.15) is 50.3 Å². The number of phenols is 2. The van der Waals surface area contributed by atoms with Crippen LogP contribution in [0.25, 0.3) is 11.1 Å². The molecule has 3 rings (SSSR count). The lowest BCUT2D eigenvalue weighted by molar-refractivity contribution is 0.474. The van der Waals surface area contributed by atoms with Gasteiger partial charge in [0.15, 0.2) is 0 Å². The quantitative estimate of drug-likeness (QED) is 0.589. The van der Waals surface area contributed by atoms with Gasteiger partial charge in [0.1, 0.15) is 11.5 Å². The van der Waals surface area contributed by atoms with Gasteiger partial charge in [0, 0.05) is 5.41 Å². The molecule has 2 nitrogen and oxygen atoms in total. The first kappa shape index (κ1) is 18.1. The highest BCUT2D eigenvalue weighted by molar-refractivity contribution is 5.67. The zero-order valence-corrected chi connectivity index (χ0v) is 15.8. The molecule has 0 saturated heterocycles. The van der Waals surface area contributed by atoms with Gasteiger partial charge in [0.25, 0.3) is 0 Å². The molecule has 0 spiro atoms. The molecule has 0 aromatic heterocycles. The molecule has 0 atom stereocenters. The summed E-state index contributed by atoms with van der Waals surface area (Å²) in [7, 11) is 0. The van der Waals surface area contributed by atoms with Crippen LogP contribution in [0, 0.1) is 0 Å². The van der Waals surface area contributed by atoms with Crippen LogP contribution in [0.3, 0.4) is 0 Å². The van der Waals surface area contributed by atoms with Crippen LogP contribution in [-0.2, 0) is 5.41 Å². The van der Waals surface area contributed by atoms with Crippen molar-refractivity contribution >= 4 is 0 Å². The third kappa shape index (κ3) is 3.45. The van der Waals surface area contributed by atoms with E-state index < -0.39 is 0 Å². The molecule has 0 unspecified atom stereocenters. The molecule has 3 aromatic carbocycles. The topological polar surface area (TPSA) is 40.5 Å². The predicted octanol–water partition coefficient (Wildman–Crippen LogP) is 6.21. The molecule has 2 N–H and O–H groups in total. The van der Waals surface area contributed by atoms with E-state index in [1.54, 1.807) is 24.3 Å². The molecule has 0 amide bonds. The smallest absolute Gasteiger partial charge is 0.115 e. The van der Waals surface area contributed by atoms with Crippen molar-refractivity contribution in [3.8, 4) is 22.6 Å². The lowest BCUT2D eigenvalue weighted by Gasteiger charge is -2.30. The van der Waals surface area contributed by atoms with Crippen LogP contribution < -0.4 is 0 Å². The Bertz CT molecular complexity index is 888. The zero-order chi connectivity index (χ0) is 18.9. The average Bonchev–Trinajstić information content (AvgIpc) is 2.62. The second-order valence-corrected chi connectivity index (χ2v) is 7.68. The fraction of sp³-hybridized carbons (Fsp3) is 0.250. The second kappa shape index (κ2) is 6.87. The third-order valence-electron chi connectivity index (χ3n) is 5.14. The van der Waals surface area contributed by atoms with Gasteiger partial charge in [-0.15, -0.1) is 0 Å². The van der Waals surface area contributed by atoms with Crippen molar-refractivity contribution in [1.29, 1.82) is 0 Å². The number of hydrogen-bond donors (Lipinski definition) is 2. The van der Waals surface area contributed by atoms with Gasteiger partial charge in [-0.05, 0) is 64.1 Å². The first-order valence-electron chi connectivity index (χ1n) is 9.02. The van der Waals surface area contributed by atoms with Gasteiger partial charge in [-0.2, -0.15) is 0 Å². The van der Waals surface area contributed by atoms with Crippen molar-refractivity contribution in [2.75, 3.05) is 0 Å². The van der Waals surface area contributed by atoms with Crippen molar-refractivity contribution in [3.05, 3.63) is 83.4 Å². The van der Waals surface area contributed by atoms with Crippen LogP contribution in [-0.4, -0.2) is 10.2 Å². The number of hydrogen-bond acceptors (Lipinski definition) is 2. The van der Waals surface area contributed by atoms with Gasteiger partial charge in [-0.3, -0.25) is 0 Å². The number of phenolic OH excluding ortho intramolecular Hbond substituents is 2. The summed E-state index contributed by atoms with van der Waals surface area (Å²) in [6.45, 7) is 8.88. The van der Waals surface area contributed by atoms with Crippen molar-refractivity contribution < 1.29 is 10.2 Å². The summed E-state index contributed by atoms with van der Waals surface area (Å²) >= 11 is 0. The highest BCUT2D eigenvalue weighted by Gasteiger charge is 2.27.